The van der Waals surface area contributed by atoms with E-state index in [0.717, 1.165) is 10.1 Å². The van der Waals surface area contributed by atoms with Crippen LogP contribution in [0.1, 0.15) is 33.1 Å². The van der Waals surface area contributed by atoms with Crippen molar-refractivity contribution in [3.8, 4) is 0 Å². The molecule has 78 valence electrons. The van der Waals surface area contributed by atoms with Gasteiger partial charge in [0.2, 0.25) is 0 Å². The van der Waals surface area contributed by atoms with Gasteiger partial charge in [-0.25, -0.2) is 4.98 Å². The highest BCUT2D eigenvalue weighted by molar-refractivity contribution is 7.19. The Morgan fingerprint density at radius 2 is 2.43 bits per heavy atom. The van der Waals surface area contributed by atoms with Gasteiger partial charge in [-0.3, -0.25) is 0 Å². The standard InChI is InChI=1S/C10H17N3S/c1-10(2)4-3-7(5-10)13-9-12-6-8(11)14-9/h6-7H,3-5,11H2,1-2H3,(H,12,13). The Balaban J connectivity index is 1.94. The molecule has 1 atom stereocenters. The monoisotopic (exact) mass is 211 g/mol. The van der Waals surface area contributed by atoms with Crippen LogP contribution in [-0.2, 0) is 0 Å². The fraction of sp³-hybridized carbons (Fsp3) is 0.700. The normalized spacial score (nSPS) is 25.1. The molecule has 4 heteroatoms. The number of nitrogens with two attached hydrogens (primary N) is 1. The highest BCUT2D eigenvalue weighted by Gasteiger charge is 2.30. The second kappa shape index (κ2) is 3.42. The van der Waals surface area contributed by atoms with Gasteiger partial charge >= 0.3 is 0 Å². The highest BCUT2D eigenvalue weighted by atomic mass is 32.1. The highest BCUT2D eigenvalue weighted by Crippen LogP contribution is 2.38. The molecule has 1 unspecified atom stereocenters. The quantitative estimate of drug-likeness (QED) is 0.790. The Bertz CT molecular complexity index is 319. The summed E-state index contributed by atoms with van der Waals surface area (Å²) in [6.07, 6.45) is 5.48. The van der Waals surface area contributed by atoms with Crippen LogP contribution in [0.2, 0.25) is 0 Å². The zero-order chi connectivity index (χ0) is 10.2. The summed E-state index contributed by atoms with van der Waals surface area (Å²) in [6, 6.07) is 0.579. The van der Waals surface area contributed by atoms with Crippen LogP contribution < -0.4 is 11.1 Å². The lowest BCUT2D eigenvalue weighted by Crippen LogP contribution is -2.17. The van der Waals surface area contributed by atoms with Crippen molar-refractivity contribution in [2.45, 2.75) is 39.2 Å². The lowest BCUT2D eigenvalue weighted by atomic mass is 9.92. The third kappa shape index (κ3) is 2.18. The van der Waals surface area contributed by atoms with Gasteiger partial charge in [0, 0.05) is 6.04 Å². The van der Waals surface area contributed by atoms with E-state index in [2.05, 4.69) is 24.1 Å². The van der Waals surface area contributed by atoms with Crippen molar-refractivity contribution in [2.24, 2.45) is 5.41 Å². The number of thiazole rings is 1. The van der Waals surface area contributed by atoms with Crippen molar-refractivity contribution >= 4 is 21.5 Å². The molecule has 1 saturated carbocycles. The van der Waals surface area contributed by atoms with E-state index >= 15 is 0 Å². The second-order valence-corrected chi connectivity index (χ2v) is 5.88. The van der Waals surface area contributed by atoms with E-state index < -0.39 is 0 Å². The van der Waals surface area contributed by atoms with Gasteiger partial charge in [-0.05, 0) is 24.7 Å². The van der Waals surface area contributed by atoms with E-state index in [0.29, 0.717) is 11.5 Å². The van der Waals surface area contributed by atoms with E-state index in [1.165, 1.54) is 30.6 Å². The first-order valence-corrected chi connectivity index (χ1v) is 5.85. The van der Waals surface area contributed by atoms with Crippen LogP contribution in [0.25, 0.3) is 0 Å². The van der Waals surface area contributed by atoms with Gasteiger partial charge < -0.3 is 11.1 Å². The Morgan fingerprint density at radius 1 is 1.64 bits per heavy atom. The number of rotatable bonds is 2. The van der Waals surface area contributed by atoms with Gasteiger partial charge in [0.1, 0.15) is 5.00 Å². The molecule has 0 spiro atoms. The minimum absolute atomic E-state index is 0.487. The topological polar surface area (TPSA) is 50.9 Å². The fourth-order valence-electron chi connectivity index (χ4n) is 2.09. The van der Waals surface area contributed by atoms with Crippen LogP contribution >= 0.6 is 11.3 Å². The van der Waals surface area contributed by atoms with Crippen molar-refractivity contribution in [3.63, 3.8) is 0 Å². The maximum Gasteiger partial charge on any atom is 0.184 e. The van der Waals surface area contributed by atoms with Gasteiger partial charge in [-0.2, -0.15) is 0 Å². The predicted octanol–water partition coefficient (Wildman–Crippen LogP) is 2.72. The van der Waals surface area contributed by atoms with Crippen molar-refractivity contribution < 1.29 is 0 Å². The number of hydrogen-bond acceptors (Lipinski definition) is 4. The molecule has 1 aliphatic rings. The molecule has 14 heavy (non-hydrogen) atoms. The molecule has 2 rings (SSSR count). The van der Waals surface area contributed by atoms with E-state index in [4.69, 9.17) is 5.73 Å². The zero-order valence-electron chi connectivity index (χ0n) is 8.71. The number of nitrogens with one attached hydrogen (secondary N) is 1. The molecule has 1 aliphatic carbocycles. The molecule has 1 heterocycles. The van der Waals surface area contributed by atoms with Crippen LogP contribution in [0.4, 0.5) is 10.1 Å². The molecule has 0 radical (unpaired) electrons. The minimum Gasteiger partial charge on any atom is -0.389 e. The van der Waals surface area contributed by atoms with Gasteiger partial charge in [0.05, 0.1) is 6.20 Å². The molecule has 0 aromatic carbocycles. The summed E-state index contributed by atoms with van der Waals surface area (Å²) in [5.41, 5.74) is 6.11. The Kier molecular flexibility index (Phi) is 2.39. The Morgan fingerprint density at radius 3 is 2.93 bits per heavy atom. The smallest absolute Gasteiger partial charge is 0.184 e. The van der Waals surface area contributed by atoms with Crippen LogP contribution in [0.15, 0.2) is 6.20 Å². The van der Waals surface area contributed by atoms with Crippen molar-refractivity contribution in [2.75, 3.05) is 11.1 Å². The van der Waals surface area contributed by atoms with Crippen LogP contribution in [0, 0.1) is 5.41 Å². The van der Waals surface area contributed by atoms with E-state index in [9.17, 15) is 0 Å². The Labute approximate surface area is 88.7 Å². The molecule has 0 bridgehead atoms. The maximum atomic E-state index is 5.62. The fourth-order valence-corrected chi connectivity index (χ4v) is 2.75. The molecule has 3 nitrogen and oxygen atoms in total. The summed E-state index contributed by atoms with van der Waals surface area (Å²) in [5, 5.41) is 5.19. The first-order valence-electron chi connectivity index (χ1n) is 5.03. The average molecular weight is 211 g/mol. The van der Waals surface area contributed by atoms with E-state index in [-0.39, 0.29) is 0 Å². The van der Waals surface area contributed by atoms with Crippen LogP contribution in [0.5, 0.6) is 0 Å². The largest absolute Gasteiger partial charge is 0.389 e. The molecule has 1 aromatic rings. The number of hydrogen-bond donors (Lipinski definition) is 2. The van der Waals surface area contributed by atoms with E-state index in [1.54, 1.807) is 6.20 Å². The summed E-state index contributed by atoms with van der Waals surface area (Å²) in [5.74, 6) is 0. The molecule has 1 aromatic heterocycles. The second-order valence-electron chi connectivity index (χ2n) is 4.82. The molecule has 0 aliphatic heterocycles. The van der Waals surface area contributed by atoms with Gasteiger partial charge in [-0.15, -0.1) is 0 Å². The number of nitrogen functional groups attached to an aromatic ring is 1. The molecular formula is C10H17N3S. The first-order chi connectivity index (χ1) is 6.55. The predicted molar refractivity (Wildman–Crippen MR) is 61.6 cm³/mol. The summed E-state index contributed by atoms with van der Waals surface area (Å²) < 4.78 is 0. The average Bonchev–Trinajstić information content (AvgIpc) is 2.59. The SMILES string of the molecule is CC1(C)CCC(Nc2ncc(N)s2)C1. The molecule has 0 saturated heterocycles. The molecule has 1 fully saturated rings. The summed E-state index contributed by atoms with van der Waals surface area (Å²) in [7, 11) is 0. The lowest BCUT2D eigenvalue weighted by Gasteiger charge is -2.17. The van der Waals surface area contributed by atoms with E-state index in [1.807, 2.05) is 0 Å². The third-order valence-electron chi connectivity index (χ3n) is 2.82. The third-order valence-corrected chi connectivity index (χ3v) is 3.58. The van der Waals surface area contributed by atoms with Gasteiger partial charge in [-0.1, -0.05) is 25.2 Å². The number of nitrogens with zero attached hydrogens (tertiary/aromatic N) is 1. The zero-order valence-corrected chi connectivity index (χ0v) is 9.53. The van der Waals surface area contributed by atoms with Crippen LogP contribution in [-0.4, -0.2) is 11.0 Å². The van der Waals surface area contributed by atoms with Gasteiger partial charge in [0.15, 0.2) is 5.13 Å². The summed E-state index contributed by atoms with van der Waals surface area (Å²) >= 11 is 1.53. The molecule has 0 amide bonds. The van der Waals surface area contributed by atoms with Gasteiger partial charge in [0.25, 0.3) is 0 Å². The maximum absolute atomic E-state index is 5.62. The first kappa shape index (κ1) is 9.77. The lowest BCUT2D eigenvalue weighted by molar-refractivity contribution is 0.378. The minimum atomic E-state index is 0.487. The summed E-state index contributed by atoms with van der Waals surface area (Å²) in [6.45, 7) is 4.65. The molecular weight excluding hydrogens is 194 g/mol. The summed E-state index contributed by atoms with van der Waals surface area (Å²) in [4.78, 5) is 4.21. The number of aromatic nitrogens is 1. The van der Waals surface area contributed by atoms with Crippen molar-refractivity contribution in [1.82, 2.24) is 4.98 Å². The molecule has 3 N–H and O–H groups in total. The van der Waals surface area contributed by atoms with Crippen molar-refractivity contribution in [1.29, 1.82) is 0 Å². The Hall–Kier alpha value is -0.770. The number of anilines is 2. The van der Waals surface area contributed by atoms with Crippen LogP contribution in [0.3, 0.4) is 0 Å². The van der Waals surface area contributed by atoms with Crippen molar-refractivity contribution in [3.05, 3.63) is 6.20 Å².